The molecule has 8 nitrogen and oxygen atoms in total. The molecule has 1 aliphatic heterocycles. The van der Waals surface area contributed by atoms with Crippen LogP contribution in [0, 0.1) is 6.92 Å². The summed E-state index contributed by atoms with van der Waals surface area (Å²) < 4.78 is 0. The average Bonchev–Trinajstić information content (AvgIpc) is 3.17. The lowest BCUT2D eigenvalue weighted by Crippen LogP contribution is -2.29. The Morgan fingerprint density at radius 1 is 0.969 bits per heavy atom. The highest BCUT2D eigenvalue weighted by molar-refractivity contribution is 7.17. The Balaban J connectivity index is 1.62. The molecule has 0 saturated carbocycles. The topological polar surface area (TPSA) is 108 Å². The zero-order valence-electron chi connectivity index (χ0n) is 17.4. The third-order valence-electron chi connectivity index (χ3n) is 4.45. The number of nitrogens with one attached hydrogen (secondary N) is 3. The highest BCUT2D eigenvalue weighted by atomic mass is 32.1. The van der Waals surface area contributed by atoms with Gasteiger partial charge in [-0.2, -0.15) is 10.1 Å². The van der Waals surface area contributed by atoms with Crippen LogP contribution in [0.15, 0.2) is 82.5 Å². The number of aliphatic imine (C=N–C) groups is 1. The van der Waals surface area contributed by atoms with Crippen molar-refractivity contribution in [2.45, 2.75) is 13.8 Å². The summed E-state index contributed by atoms with van der Waals surface area (Å²) in [6, 6.07) is 19.0. The summed E-state index contributed by atoms with van der Waals surface area (Å²) in [7, 11) is 0. The molecule has 0 aliphatic carbocycles. The van der Waals surface area contributed by atoms with Gasteiger partial charge in [-0.3, -0.25) is 15.0 Å². The van der Waals surface area contributed by atoms with Crippen molar-refractivity contribution >= 4 is 51.1 Å². The molecule has 0 saturated heterocycles. The summed E-state index contributed by atoms with van der Waals surface area (Å²) in [5.41, 5.74) is 5.72. The van der Waals surface area contributed by atoms with E-state index in [0.29, 0.717) is 27.2 Å². The van der Waals surface area contributed by atoms with Crippen molar-refractivity contribution in [1.29, 1.82) is 0 Å². The summed E-state index contributed by atoms with van der Waals surface area (Å²) in [4.78, 5) is 33.3. The molecular weight excluding hydrogens is 424 g/mol. The van der Waals surface area contributed by atoms with E-state index < -0.39 is 5.91 Å². The third-order valence-corrected chi connectivity index (χ3v) is 5.61. The van der Waals surface area contributed by atoms with E-state index in [2.05, 4.69) is 31.1 Å². The predicted octanol–water partition coefficient (Wildman–Crippen LogP) is 4.47. The fraction of sp³-hybridized carbons (Fsp3) is 0.0870. The zero-order chi connectivity index (χ0) is 22.5. The fourth-order valence-corrected chi connectivity index (χ4v) is 3.77. The second kappa shape index (κ2) is 9.36. The number of aryl methyl sites for hydroxylation is 1. The Kier molecular flexibility index (Phi) is 6.18. The number of benzene rings is 2. The van der Waals surface area contributed by atoms with Gasteiger partial charge in [0, 0.05) is 18.3 Å². The van der Waals surface area contributed by atoms with E-state index in [4.69, 9.17) is 0 Å². The van der Waals surface area contributed by atoms with Gasteiger partial charge in [0.25, 0.3) is 5.91 Å². The number of aromatic nitrogens is 1. The lowest BCUT2D eigenvalue weighted by atomic mass is 10.2. The number of nitrogens with zero attached hydrogens (tertiary/aromatic N) is 3. The maximum atomic E-state index is 12.7. The number of carbonyl (C=O) groups is 2. The number of hydrogen-bond donors (Lipinski definition) is 3. The van der Waals surface area contributed by atoms with Gasteiger partial charge in [-0.25, -0.2) is 4.98 Å². The molecule has 1 aliphatic rings. The van der Waals surface area contributed by atoms with Gasteiger partial charge >= 0.3 is 0 Å². The molecule has 3 aromatic rings. The molecule has 1 aromatic heterocycles. The molecule has 0 fully saturated rings. The molecule has 0 spiro atoms. The number of anilines is 3. The number of amides is 1. The first kappa shape index (κ1) is 21.1. The van der Waals surface area contributed by atoms with E-state index in [1.807, 2.05) is 60.7 Å². The largest absolute Gasteiger partial charge is 0.352 e. The summed E-state index contributed by atoms with van der Waals surface area (Å²) in [6.07, 6.45) is 1.62. The van der Waals surface area contributed by atoms with E-state index in [1.165, 1.54) is 18.3 Å². The van der Waals surface area contributed by atoms with E-state index >= 15 is 0 Å². The normalized spacial score (nSPS) is 14.6. The molecule has 3 N–H and O–H groups in total. The van der Waals surface area contributed by atoms with Crippen LogP contribution in [0.3, 0.4) is 0 Å². The first-order valence-electron chi connectivity index (χ1n) is 9.81. The van der Waals surface area contributed by atoms with Crippen LogP contribution in [0.2, 0.25) is 0 Å². The number of thiazole rings is 1. The van der Waals surface area contributed by atoms with Gasteiger partial charge in [0.1, 0.15) is 0 Å². The number of hydrogen-bond acceptors (Lipinski definition) is 8. The van der Waals surface area contributed by atoms with Gasteiger partial charge in [-0.1, -0.05) is 47.7 Å². The number of Topliss-reactive ketones (excluding diaryl/α,β-unsaturated/α-hetero) is 1. The number of rotatable bonds is 6. The minimum absolute atomic E-state index is 0.0649. The van der Waals surface area contributed by atoms with Crippen molar-refractivity contribution in [3.8, 4) is 0 Å². The summed E-state index contributed by atoms with van der Waals surface area (Å²) in [5, 5.41) is 11.1. The van der Waals surface area contributed by atoms with Crippen LogP contribution in [0.1, 0.15) is 22.3 Å². The maximum Gasteiger partial charge on any atom is 0.299 e. The molecule has 0 radical (unpaired) electrons. The average molecular weight is 445 g/mol. The van der Waals surface area contributed by atoms with Crippen molar-refractivity contribution in [2.75, 3.05) is 16.1 Å². The van der Waals surface area contributed by atoms with Crippen molar-refractivity contribution in [2.24, 2.45) is 10.1 Å². The Hall–Kier alpha value is -4.11. The Morgan fingerprint density at radius 2 is 1.59 bits per heavy atom. The summed E-state index contributed by atoms with van der Waals surface area (Å²) in [5.74, 6) is -0.188. The molecule has 4 rings (SSSR count). The number of dihydropyridines is 1. The molecular formula is C23H20N6O2S. The molecule has 2 heterocycles. The van der Waals surface area contributed by atoms with Crippen molar-refractivity contribution in [1.82, 2.24) is 4.98 Å². The van der Waals surface area contributed by atoms with Crippen LogP contribution < -0.4 is 16.1 Å². The van der Waals surface area contributed by atoms with Crippen molar-refractivity contribution < 1.29 is 9.59 Å². The number of ketones is 1. The molecule has 0 atom stereocenters. The first-order valence-corrected chi connectivity index (χ1v) is 10.6. The first-order chi connectivity index (χ1) is 15.5. The lowest BCUT2D eigenvalue weighted by molar-refractivity contribution is -0.111. The van der Waals surface area contributed by atoms with Gasteiger partial charge in [-0.15, -0.1) is 0 Å². The molecule has 160 valence electrons. The lowest BCUT2D eigenvalue weighted by Gasteiger charge is -2.18. The number of hydrazone groups is 1. The number of para-hydroxylation sites is 2. The monoisotopic (exact) mass is 444 g/mol. The summed E-state index contributed by atoms with van der Waals surface area (Å²) >= 11 is 1.19. The highest BCUT2D eigenvalue weighted by Crippen LogP contribution is 2.23. The fourth-order valence-electron chi connectivity index (χ4n) is 2.97. The zero-order valence-corrected chi connectivity index (χ0v) is 18.2. The van der Waals surface area contributed by atoms with Gasteiger partial charge in [0.2, 0.25) is 5.13 Å². The predicted molar refractivity (Wildman–Crippen MR) is 129 cm³/mol. The minimum atomic E-state index is -0.505. The molecule has 9 heteroatoms. The van der Waals surface area contributed by atoms with Crippen molar-refractivity contribution in [3.63, 3.8) is 0 Å². The van der Waals surface area contributed by atoms with Crippen LogP contribution in [0.4, 0.5) is 16.5 Å². The second-order valence-corrected chi connectivity index (χ2v) is 7.90. The molecule has 2 aromatic carbocycles. The summed E-state index contributed by atoms with van der Waals surface area (Å²) in [6.45, 7) is 3.24. The molecule has 32 heavy (non-hydrogen) atoms. The van der Waals surface area contributed by atoms with E-state index in [1.54, 1.807) is 13.0 Å². The van der Waals surface area contributed by atoms with E-state index in [-0.39, 0.29) is 11.5 Å². The maximum absolute atomic E-state index is 12.7. The Morgan fingerprint density at radius 3 is 2.19 bits per heavy atom. The number of carbonyl (C=O) groups excluding carboxylic acids is 2. The van der Waals surface area contributed by atoms with Gasteiger partial charge in [0.15, 0.2) is 17.3 Å². The minimum Gasteiger partial charge on any atom is -0.352 e. The molecule has 1 amide bonds. The van der Waals surface area contributed by atoms with E-state index in [0.717, 1.165) is 11.4 Å². The SMILES string of the molecule is CC(=O)c1sc(NN=C2C=C(Nc3ccccc3)C(Nc3ccccc3)=NC2=O)nc1C. The quantitative estimate of drug-likeness (QED) is 0.382. The number of amidine groups is 1. The van der Waals surface area contributed by atoms with Crippen molar-refractivity contribution in [3.05, 3.63) is 83.0 Å². The molecule has 0 bridgehead atoms. The van der Waals surface area contributed by atoms with Gasteiger partial charge in [-0.05, 0) is 37.3 Å². The third kappa shape index (κ3) is 4.96. The van der Waals surface area contributed by atoms with E-state index in [9.17, 15) is 9.59 Å². The van der Waals surface area contributed by atoms with Crippen LogP contribution >= 0.6 is 11.3 Å². The van der Waals surface area contributed by atoms with Crippen LogP contribution in [-0.2, 0) is 4.79 Å². The Bertz CT molecular complexity index is 1250. The van der Waals surface area contributed by atoms with Gasteiger partial charge < -0.3 is 10.6 Å². The second-order valence-electron chi connectivity index (χ2n) is 6.90. The van der Waals surface area contributed by atoms with Gasteiger partial charge in [0.05, 0.1) is 16.3 Å². The highest BCUT2D eigenvalue weighted by Gasteiger charge is 2.22. The Labute approximate surface area is 188 Å². The van der Waals surface area contributed by atoms with Crippen LogP contribution in [0.5, 0.6) is 0 Å². The molecule has 0 unspecified atom stereocenters. The standard InChI is InChI=1S/C23H20N6O2S/c1-14-20(15(2)30)32-23(24-14)29-28-19-13-18(25-16-9-5-3-6-10-16)21(27-22(19)31)26-17-11-7-4-8-12-17/h3-13,25H,1-2H3,(H,24,29)(H,26,27,31). The van der Waals surface area contributed by atoms with Crippen LogP contribution in [0.25, 0.3) is 0 Å². The smallest absolute Gasteiger partial charge is 0.299 e. The van der Waals surface area contributed by atoms with Crippen LogP contribution in [-0.4, -0.2) is 28.2 Å².